The Balaban J connectivity index is 1.54. The summed E-state index contributed by atoms with van der Waals surface area (Å²) in [5.41, 5.74) is -0.438. The molecule has 0 aliphatic carbocycles. The van der Waals surface area contributed by atoms with Crippen LogP contribution in [0.1, 0.15) is 5.56 Å². The molecule has 0 aromatic heterocycles. The number of halogens is 2. The molecule has 0 saturated carbocycles. The van der Waals surface area contributed by atoms with Crippen LogP contribution < -0.4 is 10.1 Å². The number of nitro groups is 2. The number of non-ortho nitro benzene ring substituents is 1. The number of para-hydroxylation sites is 1. The molecular formula is C24H14BrClN4O8S. The zero-order valence-corrected chi connectivity index (χ0v) is 22.5. The van der Waals surface area contributed by atoms with Crippen LogP contribution in [-0.4, -0.2) is 38.3 Å². The van der Waals surface area contributed by atoms with Crippen molar-refractivity contribution in [2.24, 2.45) is 0 Å². The molecule has 15 heteroatoms. The highest BCUT2D eigenvalue weighted by atomic mass is 79.9. The lowest BCUT2D eigenvalue weighted by Crippen LogP contribution is -2.36. The number of nitrogens with zero attached hydrogens (tertiary/aromatic N) is 3. The number of imide groups is 1. The van der Waals surface area contributed by atoms with Crippen molar-refractivity contribution in [2.45, 2.75) is 0 Å². The summed E-state index contributed by atoms with van der Waals surface area (Å²) in [5, 5.41) is 24.7. The van der Waals surface area contributed by atoms with Crippen molar-refractivity contribution in [2.75, 3.05) is 11.9 Å². The number of nitro benzene ring substituents is 2. The van der Waals surface area contributed by atoms with Gasteiger partial charge in [0.05, 0.1) is 25.8 Å². The number of hydrogen-bond donors (Lipinski definition) is 1. The Morgan fingerprint density at radius 2 is 1.79 bits per heavy atom. The molecule has 3 aromatic rings. The Bertz CT molecular complexity index is 1580. The van der Waals surface area contributed by atoms with E-state index in [2.05, 4.69) is 21.2 Å². The number of nitrogens with one attached hydrogen (secondary N) is 1. The molecule has 1 N–H and O–H groups in total. The number of hydrogen-bond acceptors (Lipinski definition) is 9. The minimum atomic E-state index is -0.816. The van der Waals surface area contributed by atoms with E-state index in [0.717, 1.165) is 23.1 Å². The molecule has 39 heavy (non-hydrogen) atoms. The molecule has 4 rings (SSSR count). The average molecular weight is 634 g/mol. The summed E-state index contributed by atoms with van der Waals surface area (Å²) in [4.78, 5) is 59.6. The highest BCUT2D eigenvalue weighted by Crippen LogP contribution is 2.38. The van der Waals surface area contributed by atoms with Crippen LogP contribution in [-0.2, 0) is 9.59 Å². The first kappa shape index (κ1) is 27.8. The Kier molecular flexibility index (Phi) is 8.28. The standard InChI is InChI=1S/C24H14BrClN4O8S/c25-16-7-5-14(10-17(16)26)27-22(31)12-28-23(32)21(39-24(28)33)9-13-3-1-2-4-19(13)38-20-8-6-15(29(34)35)11-18(20)30(36)37/h1-11H,12H2,(H,27,31)/b21-9+. The number of amides is 3. The molecule has 1 aliphatic rings. The van der Waals surface area contributed by atoms with Crippen LogP contribution in [0.25, 0.3) is 6.08 Å². The largest absolute Gasteiger partial charge is 0.449 e. The molecule has 0 radical (unpaired) electrons. The molecule has 198 valence electrons. The molecule has 12 nitrogen and oxygen atoms in total. The lowest BCUT2D eigenvalue weighted by molar-refractivity contribution is -0.394. The SMILES string of the molecule is O=C(CN1C(=O)S/C(=C/c2ccccc2Oc2ccc([N+](=O)[O-])cc2[N+](=O)[O-])C1=O)Nc1ccc(Br)c(Cl)c1. The second-order valence-corrected chi connectivity index (χ2v) is 10.0. The number of carbonyl (C=O) groups excluding carboxylic acids is 3. The summed E-state index contributed by atoms with van der Waals surface area (Å²) < 4.78 is 6.31. The molecule has 0 spiro atoms. The lowest BCUT2D eigenvalue weighted by Gasteiger charge is -2.13. The van der Waals surface area contributed by atoms with E-state index >= 15 is 0 Å². The van der Waals surface area contributed by atoms with Crippen molar-refractivity contribution in [3.63, 3.8) is 0 Å². The Morgan fingerprint density at radius 3 is 2.49 bits per heavy atom. The first-order chi connectivity index (χ1) is 18.5. The summed E-state index contributed by atoms with van der Waals surface area (Å²) in [7, 11) is 0. The van der Waals surface area contributed by atoms with Crippen LogP contribution in [0.3, 0.4) is 0 Å². The van der Waals surface area contributed by atoms with Gasteiger partial charge >= 0.3 is 5.69 Å². The Labute approximate surface area is 237 Å². The van der Waals surface area contributed by atoms with Crippen molar-refractivity contribution in [3.05, 3.63) is 101 Å². The van der Waals surface area contributed by atoms with Gasteiger partial charge in [0.25, 0.3) is 16.8 Å². The van der Waals surface area contributed by atoms with Crippen molar-refractivity contribution < 1.29 is 29.0 Å². The summed E-state index contributed by atoms with van der Waals surface area (Å²) in [6.07, 6.45) is 1.35. The van der Waals surface area contributed by atoms with Gasteiger partial charge in [0.15, 0.2) is 0 Å². The predicted molar refractivity (Wildman–Crippen MR) is 147 cm³/mol. The fourth-order valence-electron chi connectivity index (χ4n) is 3.36. The highest BCUT2D eigenvalue weighted by molar-refractivity contribution is 9.10. The molecule has 1 heterocycles. The molecular weight excluding hydrogens is 620 g/mol. The van der Waals surface area contributed by atoms with Gasteiger partial charge in [0, 0.05) is 21.8 Å². The molecule has 0 bridgehead atoms. The predicted octanol–water partition coefficient (Wildman–Crippen LogP) is 6.39. The van der Waals surface area contributed by atoms with Crippen LogP contribution in [0.2, 0.25) is 5.02 Å². The smallest absolute Gasteiger partial charge is 0.318 e. The number of ether oxygens (including phenoxy) is 1. The normalized spacial score (nSPS) is 14.0. The van der Waals surface area contributed by atoms with Gasteiger partial charge in [-0.1, -0.05) is 29.8 Å². The third-order valence-electron chi connectivity index (χ3n) is 5.15. The first-order valence-electron chi connectivity index (χ1n) is 10.7. The zero-order valence-electron chi connectivity index (χ0n) is 19.3. The number of benzene rings is 3. The summed E-state index contributed by atoms with van der Waals surface area (Å²) in [5.74, 6) is -1.51. The fourth-order valence-corrected chi connectivity index (χ4v) is 4.61. The third-order valence-corrected chi connectivity index (χ3v) is 7.29. The number of anilines is 1. The van der Waals surface area contributed by atoms with Crippen LogP contribution in [0.4, 0.5) is 21.9 Å². The van der Waals surface area contributed by atoms with Gasteiger partial charge < -0.3 is 10.1 Å². The summed E-state index contributed by atoms with van der Waals surface area (Å²) in [6, 6.07) is 13.9. The Morgan fingerprint density at radius 1 is 1.05 bits per heavy atom. The molecule has 3 amide bonds. The minimum Gasteiger partial charge on any atom is -0.449 e. The molecule has 3 aromatic carbocycles. The van der Waals surface area contributed by atoms with Crippen LogP contribution in [0.15, 0.2) is 70.0 Å². The van der Waals surface area contributed by atoms with E-state index in [1.165, 1.54) is 18.2 Å². The quantitative estimate of drug-likeness (QED) is 0.168. The van der Waals surface area contributed by atoms with E-state index in [9.17, 15) is 34.6 Å². The second-order valence-electron chi connectivity index (χ2n) is 7.75. The van der Waals surface area contributed by atoms with Gasteiger partial charge in [-0.15, -0.1) is 0 Å². The van der Waals surface area contributed by atoms with E-state index in [4.69, 9.17) is 16.3 Å². The van der Waals surface area contributed by atoms with Gasteiger partial charge in [0.1, 0.15) is 12.3 Å². The topological polar surface area (TPSA) is 162 Å². The second kappa shape index (κ2) is 11.6. The summed E-state index contributed by atoms with van der Waals surface area (Å²) in [6.45, 7) is -0.539. The monoisotopic (exact) mass is 632 g/mol. The van der Waals surface area contributed by atoms with Crippen molar-refractivity contribution >= 4 is 79.5 Å². The van der Waals surface area contributed by atoms with Gasteiger partial charge in [-0.05, 0) is 64.1 Å². The van der Waals surface area contributed by atoms with Gasteiger partial charge in [-0.3, -0.25) is 39.5 Å². The Hall–Kier alpha value is -4.27. The molecule has 1 aliphatic heterocycles. The van der Waals surface area contributed by atoms with Crippen LogP contribution in [0.5, 0.6) is 11.5 Å². The maximum absolute atomic E-state index is 12.9. The van der Waals surface area contributed by atoms with Gasteiger partial charge in [-0.2, -0.15) is 0 Å². The maximum atomic E-state index is 12.9. The third kappa shape index (κ3) is 6.42. The average Bonchev–Trinajstić information content (AvgIpc) is 3.14. The molecule has 1 saturated heterocycles. The van der Waals surface area contributed by atoms with E-state index in [1.54, 1.807) is 30.3 Å². The van der Waals surface area contributed by atoms with E-state index in [-0.39, 0.29) is 16.4 Å². The molecule has 1 fully saturated rings. The van der Waals surface area contributed by atoms with Crippen molar-refractivity contribution in [1.82, 2.24) is 4.90 Å². The fraction of sp³-hybridized carbons (Fsp3) is 0.0417. The molecule has 0 unspecified atom stereocenters. The van der Waals surface area contributed by atoms with Crippen molar-refractivity contribution in [1.29, 1.82) is 0 Å². The number of carbonyl (C=O) groups is 3. The minimum absolute atomic E-state index is 0.00580. The number of thioether (sulfide) groups is 1. The van der Waals surface area contributed by atoms with Gasteiger partial charge in [0.2, 0.25) is 11.7 Å². The summed E-state index contributed by atoms with van der Waals surface area (Å²) >= 11 is 9.87. The maximum Gasteiger partial charge on any atom is 0.318 e. The number of rotatable bonds is 8. The van der Waals surface area contributed by atoms with Crippen LogP contribution >= 0.6 is 39.3 Å². The first-order valence-corrected chi connectivity index (χ1v) is 12.7. The lowest BCUT2D eigenvalue weighted by atomic mass is 10.1. The van der Waals surface area contributed by atoms with Crippen LogP contribution in [0, 0.1) is 20.2 Å². The van der Waals surface area contributed by atoms with E-state index < -0.39 is 44.8 Å². The van der Waals surface area contributed by atoms with Crippen molar-refractivity contribution in [3.8, 4) is 11.5 Å². The van der Waals surface area contributed by atoms with E-state index in [0.29, 0.717) is 32.5 Å². The molecule has 0 atom stereocenters. The highest BCUT2D eigenvalue weighted by Gasteiger charge is 2.36. The zero-order chi connectivity index (χ0) is 28.3. The van der Waals surface area contributed by atoms with E-state index in [1.807, 2.05) is 0 Å². The van der Waals surface area contributed by atoms with Gasteiger partial charge in [-0.25, -0.2) is 0 Å².